The first-order valence-corrected chi connectivity index (χ1v) is 5.49. The van der Waals surface area contributed by atoms with Gasteiger partial charge in [-0.05, 0) is 31.2 Å². The zero-order valence-corrected chi connectivity index (χ0v) is 8.77. The van der Waals surface area contributed by atoms with Crippen molar-refractivity contribution in [3.8, 4) is 0 Å². The number of rotatable bonds is 3. The molecule has 0 aromatic heterocycles. The number of nitrogens with one attached hydrogen (secondary N) is 1. The van der Waals surface area contributed by atoms with E-state index >= 15 is 0 Å². The summed E-state index contributed by atoms with van der Waals surface area (Å²) < 4.78 is 0. The van der Waals surface area contributed by atoms with Gasteiger partial charge in [-0.3, -0.25) is 0 Å². The summed E-state index contributed by atoms with van der Waals surface area (Å²) in [4.78, 5) is 0. The smallest absolute Gasteiger partial charge is 0.00976 e. The molecular formula is C11H23N. The van der Waals surface area contributed by atoms with E-state index in [0.717, 1.165) is 24.4 Å². The highest BCUT2D eigenvalue weighted by atomic mass is 14.9. The van der Waals surface area contributed by atoms with Gasteiger partial charge >= 0.3 is 0 Å². The van der Waals surface area contributed by atoms with Crippen LogP contribution in [0.25, 0.3) is 0 Å². The maximum Gasteiger partial charge on any atom is 0.00976 e. The second kappa shape index (κ2) is 4.86. The van der Waals surface area contributed by atoms with Crippen LogP contribution in [-0.2, 0) is 0 Å². The summed E-state index contributed by atoms with van der Waals surface area (Å²) in [6.07, 6.45) is 5.72. The molecule has 0 aliphatic heterocycles. The molecule has 0 saturated heterocycles. The van der Waals surface area contributed by atoms with Crippen molar-refractivity contribution in [3.05, 3.63) is 0 Å². The van der Waals surface area contributed by atoms with Crippen molar-refractivity contribution >= 4 is 0 Å². The van der Waals surface area contributed by atoms with Gasteiger partial charge in [0.2, 0.25) is 0 Å². The van der Waals surface area contributed by atoms with Gasteiger partial charge in [-0.1, -0.05) is 33.6 Å². The fourth-order valence-corrected chi connectivity index (χ4v) is 2.47. The molecule has 1 aliphatic rings. The molecule has 0 spiro atoms. The van der Waals surface area contributed by atoms with E-state index in [4.69, 9.17) is 0 Å². The van der Waals surface area contributed by atoms with Gasteiger partial charge in [0, 0.05) is 6.04 Å². The van der Waals surface area contributed by atoms with E-state index < -0.39 is 0 Å². The van der Waals surface area contributed by atoms with Gasteiger partial charge in [0.05, 0.1) is 0 Å². The van der Waals surface area contributed by atoms with Crippen molar-refractivity contribution in [1.82, 2.24) is 5.32 Å². The van der Waals surface area contributed by atoms with Crippen LogP contribution in [-0.4, -0.2) is 12.6 Å². The van der Waals surface area contributed by atoms with E-state index in [1.165, 1.54) is 25.7 Å². The highest BCUT2D eigenvalue weighted by Gasteiger charge is 2.26. The second-order valence-corrected chi connectivity index (χ2v) is 4.36. The summed E-state index contributed by atoms with van der Waals surface area (Å²) in [6.45, 7) is 8.07. The van der Waals surface area contributed by atoms with Crippen LogP contribution in [0.5, 0.6) is 0 Å². The predicted octanol–water partition coefficient (Wildman–Crippen LogP) is 2.81. The molecule has 0 bridgehead atoms. The monoisotopic (exact) mass is 169 g/mol. The van der Waals surface area contributed by atoms with Crippen molar-refractivity contribution in [3.63, 3.8) is 0 Å². The summed E-state index contributed by atoms with van der Waals surface area (Å²) in [5.74, 6) is 1.79. The molecule has 12 heavy (non-hydrogen) atoms. The second-order valence-electron chi connectivity index (χ2n) is 4.36. The molecule has 0 radical (unpaired) electrons. The van der Waals surface area contributed by atoms with E-state index in [1.54, 1.807) is 0 Å². The Morgan fingerprint density at radius 3 is 2.50 bits per heavy atom. The van der Waals surface area contributed by atoms with Crippen molar-refractivity contribution in [1.29, 1.82) is 0 Å². The van der Waals surface area contributed by atoms with E-state index in [9.17, 15) is 0 Å². The maximum absolute atomic E-state index is 3.62. The summed E-state index contributed by atoms with van der Waals surface area (Å²) in [6, 6.07) is 0.809. The molecule has 72 valence electrons. The lowest BCUT2D eigenvalue weighted by Gasteiger charge is -2.34. The Morgan fingerprint density at radius 2 is 1.92 bits per heavy atom. The summed E-state index contributed by atoms with van der Waals surface area (Å²) >= 11 is 0. The molecule has 1 saturated carbocycles. The highest BCUT2D eigenvalue weighted by molar-refractivity contribution is 4.82. The average molecular weight is 169 g/mol. The summed E-state index contributed by atoms with van der Waals surface area (Å²) in [5.41, 5.74) is 0. The lowest BCUT2D eigenvalue weighted by Crippen LogP contribution is -2.40. The average Bonchev–Trinajstić information content (AvgIpc) is 2.05. The minimum atomic E-state index is 0.809. The quantitative estimate of drug-likeness (QED) is 0.685. The van der Waals surface area contributed by atoms with Gasteiger partial charge in [0.1, 0.15) is 0 Å². The van der Waals surface area contributed by atoms with Gasteiger partial charge < -0.3 is 5.32 Å². The molecule has 1 heteroatoms. The SMILES string of the molecule is CCNC1CCCCC1C(C)C. The van der Waals surface area contributed by atoms with Gasteiger partial charge in [-0.2, -0.15) is 0 Å². The minimum absolute atomic E-state index is 0.809. The molecule has 0 amide bonds. The Kier molecular flexibility index (Phi) is 4.07. The molecule has 1 fully saturated rings. The molecular weight excluding hydrogens is 146 g/mol. The first-order valence-electron chi connectivity index (χ1n) is 5.49. The van der Waals surface area contributed by atoms with Gasteiger partial charge in [-0.25, -0.2) is 0 Å². The number of hydrogen-bond acceptors (Lipinski definition) is 1. The standard InChI is InChI=1S/C11H23N/c1-4-12-11-8-6-5-7-10(11)9(2)3/h9-12H,4-8H2,1-3H3. The number of hydrogen-bond donors (Lipinski definition) is 1. The van der Waals surface area contributed by atoms with Crippen LogP contribution in [0.3, 0.4) is 0 Å². The molecule has 0 aromatic carbocycles. The third-order valence-corrected chi connectivity index (χ3v) is 3.14. The molecule has 2 atom stereocenters. The molecule has 1 N–H and O–H groups in total. The maximum atomic E-state index is 3.62. The Hall–Kier alpha value is -0.0400. The van der Waals surface area contributed by atoms with Crippen LogP contribution in [0.4, 0.5) is 0 Å². The van der Waals surface area contributed by atoms with Crippen LogP contribution >= 0.6 is 0 Å². The van der Waals surface area contributed by atoms with Crippen molar-refractivity contribution in [2.24, 2.45) is 11.8 Å². The fraction of sp³-hybridized carbons (Fsp3) is 1.00. The molecule has 1 rings (SSSR count). The summed E-state index contributed by atoms with van der Waals surface area (Å²) in [5, 5.41) is 3.62. The topological polar surface area (TPSA) is 12.0 Å². The summed E-state index contributed by atoms with van der Waals surface area (Å²) in [7, 11) is 0. The van der Waals surface area contributed by atoms with E-state index in [-0.39, 0.29) is 0 Å². The molecule has 1 aliphatic carbocycles. The lowest BCUT2D eigenvalue weighted by molar-refractivity contribution is 0.208. The Labute approximate surface area is 76.9 Å². The van der Waals surface area contributed by atoms with Crippen molar-refractivity contribution in [2.75, 3.05) is 6.54 Å². The van der Waals surface area contributed by atoms with Gasteiger partial charge in [-0.15, -0.1) is 0 Å². The first-order chi connectivity index (χ1) is 5.75. The first kappa shape index (κ1) is 10.0. The predicted molar refractivity (Wildman–Crippen MR) is 54.3 cm³/mol. The van der Waals surface area contributed by atoms with E-state index in [2.05, 4.69) is 26.1 Å². The van der Waals surface area contributed by atoms with E-state index in [1.807, 2.05) is 0 Å². The van der Waals surface area contributed by atoms with E-state index in [0.29, 0.717) is 0 Å². The zero-order valence-electron chi connectivity index (χ0n) is 8.77. The molecule has 2 unspecified atom stereocenters. The zero-order chi connectivity index (χ0) is 8.97. The Morgan fingerprint density at radius 1 is 1.25 bits per heavy atom. The molecule has 0 aromatic rings. The van der Waals surface area contributed by atoms with Crippen LogP contribution in [0.2, 0.25) is 0 Å². The van der Waals surface area contributed by atoms with Gasteiger partial charge in [0.15, 0.2) is 0 Å². The Balaban J connectivity index is 2.42. The molecule has 0 heterocycles. The Bertz CT molecular complexity index is 118. The third-order valence-electron chi connectivity index (χ3n) is 3.14. The normalized spacial score (nSPS) is 31.0. The minimum Gasteiger partial charge on any atom is -0.314 e. The van der Waals surface area contributed by atoms with Gasteiger partial charge in [0.25, 0.3) is 0 Å². The van der Waals surface area contributed by atoms with Crippen LogP contribution < -0.4 is 5.32 Å². The van der Waals surface area contributed by atoms with Crippen molar-refractivity contribution < 1.29 is 0 Å². The highest BCUT2D eigenvalue weighted by Crippen LogP contribution is 2.29. The van der Waals surface area contributed by atoms with Crippen LogP contribution in [0.1, 0.15) is 46.5 Å². The van der Waals surface area contributed by atoms with Crippen LogP contribution in [0, 0.1) is 11.8 Å². The fourth-order valence-electron chi connectivity index (χ4n) is 2.47. The molecule has 1 nitrogen and oxygen atoms in total. The largest absolute Gasteiger partial charge is 0.314 e. The third kappa shape index (κ3) is 2.48. The lowest BCUT2D eigenvalue weighted by atomic mass is 9.78. The van der Waals surface area contributed by atoms with Crippen LogP contribution in [0.15, 0.2) is 0 Å². The van der Waals surface area contributed by atoms with Crippen molar-refractivity contribution in [2.45, 2.75) is 52.5 Å².